The highest BCUT2D eigenvalue weighted by atomic mass is 16.6. The minimum atomic E-state index is -0.566. The molecule has 1 aliphatic heterocycles. The Labute approximate surface area is 140 Å². The van der Waals surface area contributed by atoms with Crippen molar-refractivity contribution in [2.24, 2.45) is 0 Å². The molecule has 1 amide bonds. The summed E-state index contributed by atoms with van der Waals surface area (Å²) in [5.41, 5.74) is 1.79. The maximum Gasteiger partial charge on any atom is 0.276 e. The van der Waals surface area contributed by atoms with Gasteiger partial charge in [-0.25, -0.2) is 0 Å². The van der Waals surface area contributed by atoms with Gasteiger partial charge in [-0.2, -0.15) is 0 Å². The number of nitro groups is 1. The van der Waals surface area contributed by atoms with Crippen LogP contribution < -0.4 is 5.32 Å². The molecule has 2 aromatic rings. The summed E-state index contributed by atoms with van der Waals surface area (Å²) in [6, 6.07) is 13.8. The number of para-hydroxylation sites is 2. The summed E-state index contributed by atoms with van der Waals surface area (Å²) >= 11 is 0. The number of anilines is 1. The van der Waals surface area contributed by atoms with Crippen LogP contribution in [0.4, 0.5) is 11.4 Å². The Hall–Kier alpha value is -2.89. The molecule has 1 aliphatic rings. The first-order valence-electron chi connectivity index (χ1n) is 7.96. The van der Waals surface area contributed by atoms with Crippen molar-refractivity contribution in [3.8, 4) is 0 Å². The van der Waals surface area contributed by atoms with Crippen LogP contribution in [0.15, 0.2) is 48.5 Å². The van der Waals surface area contributed by atoms with Gasteiger partial charge < -0.3 is 10.2 Å². The third-order valence-corrected chi connectivity index (χ3v) is 4.46. The molecule has 0 aromatic heterocycles. The lowest BCUT2D eigenvalue weighted by Crippen LogP contribution is -2.47. The molecular formula is C18H19N3O3. The van der Waals surface area contributed by atoms with Gasteiger partial charge in [0.2, 0.25) is 0 Å². The minimum absolute atomic E-state index is 0.00971. The lowest BCUT2D eigenvalue weighted by Gasteiger charge is -2.41. The number of benzene rings is 2. The molecule has 0 aliphatic carbocycles. The van der Waals surface area contributed by atoms with Crippen LogP contribution in [-0.2, 0) is 0 Å². The Morgan fingerprint density at radius 1 is 1.21 bits per heavy atom. The predicted molar refractivity (Wildman–Crippen MR) is 91.8 cm³/mol. The number of fused-ring (bicyclic) bond motifs is 1. The Morgan fingerprint density at radius 3 is 2.58 bits per heavy atom. The number of nitro benzene ring substituents is 1. The molecule has 3 rings (SSSR count). The minimum Gasteiger partial charge on any atom is -0.361 e. The smallest absolute Gasteiger partial charge is 0.276 e. The van der Waals surface area contributed by atoms with Crippen molar-refractivity contribution in [3.05, 3.63) is 69.8 Å². The largest absolute Gasteiger partial charge is 0.361 e. The molecule has 0 saturated heterocycles. The van der Waals surface area contributed by atoms with Gasteiger partial charge in [0, 0.05) is 17.8 Å². The van der Waals surface area contributed by atoms with Crippen molar-refractivity contribution in [2.45, 2.75) is 32.5 Å². The Kier molecular flexibility index (Phi) is 4.20. The number of carbonyl (C=O) groups is 1. The highest BCUT2D eigenvalue weighted by molar-refractivity contribution is 6.02. The van der Waals surface area contributed by atoms with Crippen LogP contribution in [0.2, 0.25) is 0 Å². The SMILES string of the molecule is CC[C@@H](C)N1C(=O)c2ccccc2N[C@@H]1c1ccccc1[N+](=O)[O-]. The van der Waals surface area contributed by atoms with Crippen molar-refractivity contribution < 1.29 is 9.72 Å². The molecule has 0 saturated carbocycles. The van der Waals surface area contributed by atoms with E-state index in [-0.39, 0.29) is 17.6 Å². The molecule has 24 heavy (non-hydrogen) atoms. The van der Waals surface area contributed by atoms with E-state index in [0.717, 1.165) is 6.42 Å². The van der Waals surface area contributed by atoms with Crippen LogP contribution in [0, 0.1) is 10.1 Å². The zero-order valence-electron chi connectivity index (χ0n) is 13.6. The summed E-state index contributed by atoms with van der Waals surface area (Å²) in [6.07, 6.45) is 0.191. The first-order chi connectivity index (χ1) is 11.5. The Morgan fingerprint density at radius 2 is 1.88 bits per heavy atom. The fourth-order valence-corrected chi connectivity index (χ4v) is 3.03. The molecule has 0 spiro atoms. The second kappa shape index (κ2) is 6.31. The summed E-state index contributed by atoms with van der Waals surface area (Å²) < 4.78 is 0. The molecule has 124 valence electrons. The summed E-state index contributed by atoms with van der Waals surface area (Å²) in [4.78, 5) is 25.7. The number of hydrogen-bond acceptors (Lipinski definition) is 4. The molecule has 0 unspecified atom stereocenters. The second-order valence-electron chi connectivity index (χ2n) is 5.88. The summed E-state index contributed by atoms with van der Waals surface area (Å²) in [6.45, 7) is 3.95. The van der Waals surface area contributed by atoms with Crippen molar-refractivity contribution >= 4 is 17.3 Å². The normalized spacial score (nSPS) is 17.8. The fourth-order valence-electron chi connectivity index (χ4n) is 3.03. The van der Waals surface area contributed by atoms with E-state index in [1.165, 1.54) is 6.07 Å². The molecule has 2 aromatic carbocycles. The standard InChI is InChI=1S/C18H19N3O3/c1-3-12(2)20-17(14-9-5-7-11-16(14)21(23)24)19-15-10-6-4-8-13(15)18(20)22/h4-12,17,19H,3H2,1-2H3/t12-,17+/m1/s1. The predicted octanol–water partition coefficient (Wildman–Crippen LogP) is 3.96. The number of carbonyl (C=O) groups excluding carboxylic acids is 1. The first-order valence-corrected chi connectivity index (χ1v) is 7.96. The van der Waals surface area contributed by atoms with Gasteiger partial charge in [-0.1, -0.05) is 31.2 Å². The lowest BCUT2D eigenvalue weighted by molar-refractivity contribution is -0.385. The van der Waals surface area contributed by atoms with Gasteiger partial charge in [0.15, 0.2) is 0 Å². The van der Waals surface area contributed by atoms with Crippen LogP contribution in [0.1, 0.15) is 42.4 Å². The van der Waals surface area contributed by atoms with Crippen molar-refractivity contribution in [2.75, 3.05) is 5.32 Å². The first kappa shape index (κ1) is 16.0. The average Bonchev–Trinajstić information content (AvgIpc) is 2.61. The molecule has 0 bridgehead atoms. The fraction of sp³-hybridized carbons (Fsp3) is 0.278. The lowest BCUT2D eigenvalue weighted by atomic mass is 10.00. The third-order valence-electron chi connectivity index (χ3n) is 4.46. The number of amides is 1. The number of nitrogens with one attached hydrogen (secondary N) is 1. The van der Waals surface area contributed by atoms with Gasteiger partial charge >= 0.3 is 0 Å². The van der Waals surface area contributed by atoms with E-state index in [0.29, 0.717) is 16.8 Å². The summed E-state index contributed by atoms with van der Waals surface area (Å²) in [5, 5.41) is 14.7. The van der Waals surface area contributed by atoms with E-state index in [9.17, 15) is 14.9 Å². The summed E-state index contributed by atoms with van der Waals surface area (Å²) in [7, 11) is 0. The van der Waals surface area contributed by atoms with Crippen molar-refractivity contribution in [1.82, 2.24) is 4.90 Å². The second-order valence-corrected chi connectivity index (χ2v) is 5.88. The molecule has 6 nitrogen and oxygen atoms in total. The van der Waals surface area contributed by atoms with E-state index < -0.39 is 11.1 Å². The van der Waals surface area contributed by atoms with E-state index in [1.807, 2.05) is 32.0 Å². The van der Waals surface area contributed by atoms with Gasteiger partial charge in [-0.3, -0.25) is 14.9 Å². The zero-order chi connectivity index (χ0) is 17.3. The van der Waals surface area contributed by atoms with Crippen molar-refractivity contribution in [3.63, 3.8) is 0 Å². The van der Waals surface area contributed by atoms with Crippen LogP contribution in [0.3, 0.4) is 0 Å². The van der Waals surface area contributed by atoms with E-state index >= 15 is 0 Å². The highest BCUT2D eigenvalue weighted by Gasteiger charge is 2.37. The molecule has 1 N–H and O–H groups in total. The number of hydrogen-bond donors (Lipinski definition) is 1. The molecule has 0 fully saturated rings. The monoisotopic (exact) mass is 325 g/mol. The van der Waals surface area contributed by atoms with E-state index in [1.54, 1.807) is 29.2 Å². The van der Waals surface area contributed by atoms with E-state index in [2.05, 4.69) is 5.32 Å². The number of nitrogens with zero attached hydrogens (tertiary/aromatic N) is 2. The topological polar surface area (TPSA) is 75.5 Å². The van der Waals surface area contributed by atoms with Crippen LogP contribution in [0.25, 0.3) is 0 Å². The van der Waals surface area contributed by atoms with Crippen molar-refractivity contribution in [1.29, 1.82) is 0 Å². The molecule has 1 heterocycles. The Bertz CT molecular complexity index is 791. The molecule has 0 radical (unpaired) electrons. The molecule has 2 atom stereocenters. The van der Waals surface area contributed by atoms with Gasteiger partial charge in [-0.05, 0) is 31.5 Å². The zero-order valence-corrected chi connectivity index (χ0v) is 13.6. The van der Waals surface area contributed by atoms with Gasteiger partial charge in [0.05, 0.1) is 16.1 Å². The summed E-state index contributed by atoms with van der Waals surface area (Å²) in [5.74, 6) is -0.109. The quantitative estimate of drug-likeness (QED) is 0.682. The van der Waals surface area contributed by atoms with Crippen LogP contribution in [0.5, 0.6) is 0 Å². The van der Waals surface area contributed by atoms with Crippen LogP contribution >= 0.6 is 0 Å². The van der Waals surface area contributed by atoms with Gasteiger partial charge in [-0.15, -0.1) is 0 Å². The maximum atomic E-state index is 13.0. The number of rotatable bonds is 4. The average molecular weight is 325 g/mol. The van der Waals surface area contributed by atoms with Gasteiger partial charge in [0.25, 0.3) is 11.6 Å². The maximum absolute atomic E-state index is 13.0. The van der Waals surface area contributed by atoms with Crippen LogP contribution in [-0.4, -0.2) is 21.8 Å². The third kappa shape index (κ3) is 2.60. The molecule has 6 heteroatoms. The van der Waals surface area contributed by atoms with E-state index in [4.69, 9.17) is 0 Å². The van der Waals surface area contributed by atoms with Gasteiger partial charge in [0.1, 0.15) is 6.17 Å². The Balaban J connectivity index is 2.15. The molecular weight excluding hydrogens is 306 g/mol. The highest BCUT2D eigenvalue weighted by Crippen LogP contribution is 2.38.